The van der Waals surface area contributed by atoms with Crippen LogP contribution in [0, 0.1) is 0 Å². The molecule has 9 aromatic carbocycles. The molecule has 57 heavy (non-hydrogen) atoms. The number of nitrogens with zero attached hydrogens (tertiary/aromatic N) is 1. The average molecular weight is 728 g/mol. The Hall–Kier alpha value is -7.55. The lowest BCUT2D eigenvalue weighted by molar-refractivity contribution is 1.06. The summed E-state index contributed by atoms with van der Waals surface area (Å²) >= 11 is 0. The maximum Gasteiger partial charge on any atom is 0.263 e. The van der Waals surface area contributed by atoms with Crippen molar-refractivity contribution in [1.82, 2.24) is 4.57 Å². The zero-order valence-corrected chi connectivity index (χ0v) is 31.3. The molecule has 268 valence electrons. The van der Waals surface area contributed by atoms with Gasteiger partial charge in [-0.05, 0) is 119 Å². The van der Waals surface area contributed by atoms with Crippen molar-refractivity contribution in [2.45, 2.75) is 0 Å². The number of aromatic nitrogens is 1. The molecule has 0 spiro atoms. The van der Waals surface area contributed by atoms with E-state index in [2.05, 4.69) is 153 Å². The molecule has 2 heteroatoms. The molecule has 10 rings (SSSR count). The molecule has 0 aliphatic heterocycles. The summed E-state index contributed by atoms with van der Waals surface area (Å²) in [7, 11) is 0. The van der Waals surface area contributed by atoms with Gasteiger partial charge in [-0.3, -0.25) is 9.36 Å². The highest BCUT2D eigenvalue weighted by atomic mass is 16.1. The molecule has 0 atom stereocenters. The van der Waals surface area contributed by atoms with E-state index < -0.39 is 0 Å². The highest BCUT2D eigenvalue weighted by Crippen LogP contribution is 2.47. The maximum absolute atomic E-state index is 14.0. The fraction of sp³-hybridized carbons (Fsp3) is 0. The lowest BCUT2D eigenvalue weighted by Crippen LogP contribution is -2.19. The summed E-state index contributed by atoms with van der Waals surface area (Å²) in [6.45, 7) is 8.79. The molecule has 2 nitrogen and oxygen atoms in total. The van der Waals surface area contributed by atoms with Crippen LogP contribution in [-0.2, 0) is 0 Å². The zero-order valence-electron chi connectivity index (χ0n) is 31.3. The molecule has 0 aliphatic carbocycles. The Labute approximate surface area is 331 Å². The van der Waals surface area contributed by atoms with Gasteiger partial charge in [-0.15, -0.1) is 0 Å². The molecule has 0 fully saturated rings. The Morgan fingerprint density at radius 1 is 0.368 bits per heavy atom. The second-order valence-electron chi connectivity index (χ2n) is 14.4. The SMILES string of the molecule is C=Cc1c(C=C)c(-c2ccc(-c3ccccc3)c3ccccc23)c2ccc(-c3ccc4c(c3)c3ccccc3c(=O)n4-c3ccccc3)cc2c1-c1ccccc1. The number of benzene rings is 9. The summed E-state index contributed by atoms with van der Waals surface area (Å²) in [5.74, 6) is 0. The molecule has 0 radical (unpaired) electrons. The van der Waals surface area contributed by atoms with Crippen LogP contribution >= 0.6 is 0 Å². The quantitative estimate of drug-likeness (QED) is 0.150. The molecule has 0 bridgehead atoms. The Balaban J connectivity index is 1.27. The van der Waals surface area contributed by atoms with E-state index in [4.69, 9.17) is 0 Å². The smallest absolute Gasteiger partial charge is 0.263 e. The monoisotopic (exact) mass is 727 g/mol. The van der Waals surface area contributed by atoms with Gasteiger partial charge < -0.3 is 0 Å². The summed E-state index contributed by atoms with van der Waals surface area (Å²) in [4.78, 5) is 14.0. The first-order chi connectivity index (χ1) is 28.1. The first kappa shape index (κ1) is 34.0. The molecular weight excluding hydrogens is 691 g/mol. The molecule has 0 saturated heterocycles. The van der Waals surface area contributed by atoms with Crippen LogP contribution in [0.4, 0.5) is 0 Å². The lowest BCUT2D eigenvalue weighted by Gasteiger charge is -2.22. The van der Waals surface area contributed by atoms with Crippen LogP contribution < -0.4 is 5.56 Å². The van der Waals surface area contributed by atoms with Crippen LogP contribution in [0.2, 0.25) is 0 Å². The highest BCUT2D eigenvalue weighted by molar-refractivity contribution is 6.17. The van der Waals surface area contributed by atoms with Gasteiger partial charge in [0, 0.05) is 16.5 Å². The van der Waals surface area contributed by atoms with Crippen LogP contribution in [0.1, 0.15) is 11.1 Å². The highest BCUT2D eigenvalue weighted by Gasteiger charge is 2.22. The first-order valence-corrected chi connectivity index (χ1v) is 19.3. The third kappa shape index (κ3) is 5.53. The number of pyridine rings is 1. The molecule has 0 unspecified atom stereocenters. The van der Waals surface area contributed by atoms with E-state index in [1.54, 1.807) is 0 Å². The van der Waals surface area contributed by atoms with E-state index in [0.29, 0.717) is 5.39 Å². The van der Waals surface area contributed by atoms with Crippen LogP contribution in [0.5, 0.6) is 0 Å². The fourth-order valence-corrected chi connectivity index (χ4v) is 8.82. The predicted octanol–water partition coefficient (Wildman–Crippen LogP) is 14.4. The molecule has 0 saturated carbocycles. The molecular formula is C55H37NO. The molecule has 0 amide bonds. The molecule has 0 N–H and O–H groups in total. The van der Waals surface area contributed by atoms with E-state index in [-0.39, 0.29) is 5.56 Å². The van der Waals surface area contributed by atoms with Crippen molar-refractivity contribution in [3.05, 3.63) is 223 Å². The summed E-state index contributed by atoms with van der Waals surface area (Å²) in [6, 6.07) is 65.6. The Morgan fingerprint density at radius 2 is 0.877 bits per heavy atom. The van der Waals surface area contributed by atoms with Gasteiger partial charge in [-0.25, -0.2) is 0 Å². The van der Waals surface area contributed by atoms with Gasteiger partial charge in [-0.1, -0.05) is 177 Å². The summed E-state index contributed by atoms with van der Waals surface area (Å²) in [5.41, 5.74) is 12.8. The third-order valence-corrected chi connectivity index (χ3v) is 11.4. The largest absolute Gasteiger partial charge is 0.276 e. The van der Waals surface area contributed by atoms with Crippen molar-refractivity contribution in [1.29, 1.82) is 0 Å². The number of para-hydroxylation sites is 1. The number of fused-ring (bicyclic) bond motifs is 5. The van der Waals surface area contributed by atoms with Gasteiger partial charge in [0.2, 0.25) is 0 Å². The van der Waals surface area contributed by atoms with E-state index in [1.807, 2.05) is 65.3 Å². The van der Waals surface area contributed by atoms with Crippen molar-refractivity contribution in [2.24, 2.45) is 0 Å². The lowest BCUT2D eigenvalue weighted by atomic mass is 9.81. The minimum Gasteiger partial charge on any atom is -0.276 e. The second kappa shape index (κ2) is 13.9. The number of hydrogen-bond acceptors (Lipinski definition) is 1. The van der Waals surface area contributed by atoms with Crippen LogP contribution in [0.25, 0.3) is 106 Å². The third-order valence-electron chi connectivity index (χ3n) is 11.4. The molecule has 1 heterocycles. The van der Waals surface area contributed by atoms with Gasteiger partial charge in [0.05, 0.1) is 5.52 Å². The molecule has 10 aromatic rings. The zero-order chi connectivity index (χ0) is 38.5. The van der Waals surface area contributed by atoms with Crippen molar-refractivity contribution >= 4 is 55.4 Å². The van der Waals surface area contributed by atoms with Crippen LogP contribution in [-0.4, -0.2) is 4.57 Å². The second-order valence-corrected chi connectivity index (χ2v) is 14.4. The number of hydrogen-bond donors (Lipinski definition) is 0. The van der Waals surface area contributed by atoms with E-state index in [9.17, 15) is 4.79 Å². The van der Waals surface area contributed by atoms with Crippen LogP contribution in [0.3, 0.4) is 0 Å². The molecule has 0 aliphatic rings. The van der Waals surface area contributed by atoms with Gasteiger partial charge in [0.25, 0.3) is 5.56 Å². The normalized spacial score (nSPS) is 11.4. The Bertz CT molecular complexity index is 3270. The van der Waals surface area contributed by atoms with E-state index >= 15 is 0 Å². The van der Waals surface area contributed by atoms with Crippen molar-refractivity contribution in [3.63, 3.8) is 0 Å². The molecule has 1 aromatic heterocycles. The standard InChI is InChI=1S/C55H37NO/c1-3-41-42(4-2)54(47-32-31-43(36-18-8-5-9-19-36)44-24-14-15-25-45(44)47)48-30-28-38(35-51(48)53(41)37-20-10-6-11-21-37)39-29-33-52-50(34-39)46-26-16-17-27-49(46)55(57)56(52)40-22-12-7-13-23-40/h3-35H,1-2H2. The van der Waals surface area contributed by atoms with Gasteiger partial charge in [0.1, 0.15) is 0 Å². The van der Waals surface area contributed by atoms with Gasteiger partial charge in [-0.2, -0.15) is 0 Å². The number of rotatable bonds is 7. The minimum absolute atomic E-state index is 0.0258. The maximum atomic E-state index is 14.0. The van der Waals surface area contributed by atoms with Gasteiger partial charge in [0.15, 0.2) is 0 Å². The van der Waals surface area contributed by atoms with E-state index in [0.717, 1.165) is 77.3 Å². The minimum atomic E-state index is -0.0258. The Morgan fingerprint density at radius 3 is 1.54 bits per heavy atom. The topological polar surface area (TPSA) is 22.0 Å². The van der Waals surface area contributed by atoms with Crippen molar-refractivity contribution < 1.29 is 0 Å². The summed E-state index contributed by atoms with van der Waals surface area (Å²) < 4.78 is 1.84. The van der Waals surface area contributed by atoms with Crippen molar-refractivity contribution in [2.75, 3.05) is 0 Å². The van der Waals surface area contributed by atoms with E-state index in [1.165, 1.54) is 21.9 Å². The Kier molecular flexibility index (Phi) is 8.31. The first-order valence-electron chi connectivity index (χ1n) is 19.3. The summed E-state index contributed by atoms with van der Waals surface area (Å²) in [6.07, 6.45) is 3.98. The van der Waals surface area contributed by atoms with Gasteiger partial charge >= 0.3 is 0 Å². The van der Waals surface area contributed by atoms with Crippen LogP contribution in [0.15, 0.2) is 206 Å². The fourth-order valence-electron chi connectivity index (χ4n) is 8.82. The average Bonchev–Trinajstić information content (AvgIpc) is 3.28. The summed E-state index contributed by atoms with van der Waals surface area (Å²) in [5, 5.41) is 7.30. The predicted molar refractivity (Wildman–Crippen MR) is 244 cm³/mol. The van der Waals surface area contributed by atoms with Crippen molar-refractivity contribution in [3.8, 4) is 50.2 Å².